The molecule has 1 aliphatic carbocycles. The summed E-state index contributed by atoms with van der Waals surface area (Å²) in [6.45, 7) is 9.28. The number of rotatable bonds is 8. The Labute approximate surface area is 396 Å². The summed E-state index contributed by atoms with van der Waals surface area (Å²) in [5.41, 5.74) is 3.30. The lowest BCUT2D eigenvalue weighted by atomic mass is 9.81. The first-order chi connectivity index (χ1) is 31.5. The van der Waals surface area contributed by atoms with Gasteiger partial charge in [-0.3, -0.25) is 14.4 Å². The standard InChI is InChI=1S/C51H73N3O12.CH4/c1-29-22-30(2)24-43(63-7)47-44(64-8)26-32(4)51(61,66-47)48(58)49(59)54-21-12-11-17-38(54)50(60)65-46(31(3)25-34-19-20-39(55)42(27-34)62-6)33(5)40(56)28-41(57)35(23-29)14-13-18-45-52-36-15-9-10-16-37(36)53-45;/h9-10,13,15-16,18,23,25,30,32-35,38-40,42-44,46-47,55-56,61H,11-12,14,17,19-22,24,26-28H2,1-8H3,(H,52,53);1H4/b18-13+,29-23+,31-25+;/t30-,32+,33+,34-,35+,38-,39+,40-,42+,43-,44-,46+,47+,51+;/m0./s1. The molecule has 0 unspecified atom stereocenters. The fourth-order valence-corrected chi connectivity index (χ4v) is 10.6. The van der Waals surface area contributed by atoms with Crippen LogP contribution in [0, 0.1) is 29.6 Å². The lowest BCUT2D eigenvalue weighted by Gasteiger charge is -2.47. The molecule has 1 aromatic carbocycles. The summed E-state index contributed by atoms with van der Waals surface area (Å²) < 4.78 is 30.1. The Bertz CT molecular complexity index is 2070. The maximum Gasteiger partial charge on any atom is 0.329 e. The van der Waals surface area contributed by atoms with E-state index in [-0.39, 0.29) is 57.0 Å². The van der Waals surface area contributed by atoms with Crippen LogP contribution >= 0.6 is 0 Å². The molecular formula is C52H77N3O12. The maximum absolute atomic E-state index is 14.5. The second kappa shape index (κ2) is 24.0. The molecular weight excluding hydrogens is 859 g/mol. The third-order valence-corrected chi connectivity index (χ3v) is 14.5. The van der Waals surface area contributed by atoms with Crippen LogP contribution in [-0.2, 0) is 42.9 Å². The zero-order chi connectivity index (χ0) is 47.9. The molecule has 67 heavy (non-hydrogen) atoms. The van der Waals surface area contributed by atoms with E-state index in [0.29, 0.717) is 62.8 Å². The molecule has 6 rings (SSSR count). The molecule has 4 heterocycles. The number of nitrogens with zero attached hydrogens (tertiary/aromatic N) is 2. The number of aromatic nitrogens is 2. The Kier molecular flexibility index (Phi) is 19.3. The van der Waals surface area contributed by atoms with Gasteiger partial charge < -0.3 is 48.9 Å². The Hall–Kier alpha value is -4.09. The zero-order valence-corrected chi connectivity index (χ0v) is 40.0. The first kappa shape index (κ1) is 53.9. The molecule has 0 radical (unpaired) electrons. The van der Waals surface area contributed by atoms with E-state index in [0.717, 1.165) is 16.6 Å². The summed E-state index contributed by atoms with van der Waals surface area (Å²) in [5, 5.41) is 34.7. The lowest BCUT2D eigenvalue weighted by Crippen LogP contribution is -2.64. The molecule has 1 amide bonds. The zero-order valence-electron chi connectivity index (χ0n) is 40.0. The number of hydrogen-bond acceptors (Lipinski definition) is 13. The number of para-hydroxylation sites is 2. The smallest absolute Gasteiger partial charge is 0.329 e. The third-order valence-electron chi connectivity index (χ3n) is 14.5. The minimum absolute atomic E-state index is 0. The van der Waals surface area contributed by atoms with Crippen molar-refractivity contribution < 1.29 is 58.2 Å². The number of aromatic amines is 1. The minimum Gasteiger partial charge on any atom is -0.456 e. The number of imidazole rings is 1. The number of nitrogens with one attached hydrogen (secondary N) is 1. The van der Waals surface area contributed by atoms with Crippen LogP contribution in [0.15, 0.2) is 53.6 Å². The molecule has 15 nitrogen and oxygen atoms in total. The van der Waals surface area contributed by atoms with E-state index in [1.165, 1.54) is 19.1 Å². The number of Topliss-reactive ketones (excluding diaryl/α,β-unsaturated/α-hetero) is 2. The van der Waals surface area contributed by atoms with E-state index in [9.17, 15) is 34.5 Å². The van der Waals surface area contributed by atoms with Crippen LogP contribution in [0.25, 0.3) is 17.1 Å². The van der Waals surface area contributed by atoms with Crippen LogP contribution in [0.2, 0.25) is 0 Å². The van der Waals surface area contributed by atoms with Crippen molar-refractivity contribution in [1.82, 2.24) is 14.9 Å². The van der Waals surface area contributed by atoms with Crippen molar-refractivity contribution in [3.8, 4) is 0 Å². The van der Waals surface area contributed by atoms with Crippen molar-refractivity contribution in [2.75, 3.05) is 27.9 Å². The first-order valence-corrected chi connectivity index (χ1v) is 23.9. The highest BCUT2D eigenvalue weighted by Crippen LogP contribution is 2.39. The number of hydrogen-bond donors (Lipinski definition) is 4. The number of carbonyl (C=O) groups is 4. The molecule has 2 saturated heterocycles. The largest absolute Gasteiger partial charge is 0.456 e. The Morgan fingerprint density at radius 2 is 1.63 bits per heavy atom. The Morgan fingerprint density at radius 3 is 2.33 bits per heavy atom. The molecule has 4 N–H and O–H groups in total. The molecule has 3 fully saturated rings. The molecule has 1 aromatic heterocycles. The van der Waals surface area contributed by atoms with E-state index in [4.69, 9.17) is 23.7 Å². The number of benzene rings is 1. The van der Waals surface area contributed by atoms with Gasteiger partial charge in [-0.05, 0) is 114 Å². The molecule has 3 aliphatic heterocycles. The van der Waals surface area contributed by atoms with E-state index in [1.807, 2.05) is 69.3 Å². The fourth-order valence-electron chi connectivity index (χ4n) is 10.6. The van der Waals surface area contributed by atoms with E-state index < -0.39 is 83.9 Å². The van der Waals surface area contributed by atoms with Gasteiger partial charge in [-0.15, -0.1) is 0 Å². The number of H-pyrrole nitrogens is 1. The second-order valence-corrected chi connectivity index (χ2v) is 19.5. The molecule has 0 spiro atoms. The molecule has 1 saturated carbocycles. The van der Waals surface area contributed by atoms with Crippen molar-refractivity contribution in [3.05, 3.63) is 59.5 Å². The highest BCUT2D eigenvalue weighted by Gasteiger charge is 2.56. The summed E-state index contributed by atoms with van der Waals surface area (Å²) in [5.74, 6) is -7.38. The number of methoxy groups -OCH3 is 3. The van der Waals surface area contributed by atoms with Crippen LogP contribution in [0.1, 0.15) is 118 Å². The number of aliphatic hydroxyl groups is 3. The average molecular weight is 936 g/mol. The van der Waals surface area contributed by atoms with Crippen LogP contribution in [0.3, 0.4) is 0 Å². The highest BCUT2D eigenvalue weighted by atomic mass is 16.7. The van der Waals surface area contributed by atoms with Crippen LogP contribution in [0.5, 0.6) is 0 Å². The van der Waals surface area contributed by atoms with Gasteiger partial charge in [-0.1, -0.05) is 64.1 Å². The van der Waals surface area contributed by atoms with Gasteiger partial charge in [-0.2, -0.15) is 0 Å². The molecule has 14 atom stereocenters. The monoisotopic (exact) mass is 936 g/mol. The molecule has 2 aromatic rings. The lowest BCUT2D eigenvalue weighted by molar-refractivity contribution is -0.302. The summed E-state index contributed by atoms with van der Waals surface area (Å²) in [4.78, 5) is 66.8. The van der Waals surface area contributed by atoms with Gasteiger partial charge in [0.2, 0.25) is 5.79 Å². The van der Waals surface area contributed by atoms with E-state index in [1.54, 1.807) is 21.0 Å². The van der Waals surface area contributed by atoms with Gasteiger partial charge in [0, 0.05) is 52.0 Å². The van der Waals surface area contributed by atoms with Crippen LogP contribution in [-0.4, -0.2) is 136 Å². The van der Waals surface area contributed by atoms with Crippen molar-refractivity contribution in [2.45, 2.75) is 167 Å². The number of ether oxygens (including phenoxy) is 5. The average Bonchev–Trinajstić information content (AvgIpc) is 3.72. The summed E-state index contributed by atoms with van der Waals surface area (Å²) >= 11 is 0. The molecule has 2 bridgehead atoms. The van der Waals surface area contributed by atoms with Gasteiger partial charge >= 0.3 is 5.97 Å². The van der Waals surface area contributed by atoms with Gasteiger partial charge in [0.1, 0.15) is 29.9 Å². The topological polar surface area (TPSA) is 207 Å². The Balaban J connectivity index is 0.00000840. The number of amides is 1. The number of aliphatic hydroxyl groups excluding tert-OH is 2. The van der Waals surface area contributed by atoms with Crippen molar-refractivity contribution >= 4 is 40.6 Å². The summed E-state index contributed by atoms with van der Waals surface area (Å²) in [7, 11) is 4.62. The predicted molar refractivity (Wildman–Crippen MR) is 254 cm³/mol. The second-order valence-electron chi connectivity index (χ2n) is 19.5. The number of fused-ring (bicyclic) bond motifs is 4. The quantitative estimate of drug-likeness (QED) is 0.124. The first-order valence-electron chi connectivity index (χ1n) is 23.9. The fraction of sp³-hybridized carbons (Fsp3) is 0.673. The number of allylic oxidation sites excluding steroid dienone is 4. The normalized spacial score (nSPS) is 36.7. The highest BCUT2D eigenvalue weighted by molar-refractivity contribution is 6.39. The Morgan fingerprint density at radius 1 is 0.925 bits per heavy atom. The number of cyclic esters (lactones) is 1. The predicted octanol–water partition coefficient (Wildman–Crippen LogP) is 6.68. The number of piperidine rings is 1. The van der Waals surface area contributed by atoms with Gasteiger partial charge in [0.15, 0.2) is 0 Å². The van der Waals surface area contributed by atoms with Crippen molar-refractivity contribution in [1.29, 1.82) is 0 Å². The van der Waals surface area contributed by atoms with Gasteiger partial charge in [0.25, 0.3) is 11.7 Å². The number of carbonyl (C=O) groups excluding carboxylic acids is 4. The molecule has 15 heteroatoms. The van der Waals surface area contributed by atoms with Crippen LogP contribution < -0.4 is 0 Å². The molecule has 372 valence electrons. The third kappa shape index (κ3) is 12.8. The van der Waals surface area contributed by atoms with Crippen LogP contribution in [0.4, 0.5) is 0 Å². The number of esters is 1. The summed E-state index contributed by atoms with van der Waals surface area (Å²) in [6.07, 6.45) is 6.62. The summed E-state index contributed by atoms with van der Waals surface area (Å²) in [6, 6.07) is 6.55. The van der Waals surface area contributed by atoms with E-state index >= 15 is 0 Å². The van der Waals surface area contributed by atoms with Crippen molar-refractivity contribution in [2.24, 2.45) is 29.6 Å². The van der Waals surface area contributed by atoms with Gasteiger partial charge in [-0.25, -0.2) is 9.78 Å². The number of ketones is 2. The SMILES string of the molecule is C.CO[C@H]1C[C@@H](C)C/C(C)=C/[C@@H](C/C=C/c2nc3ccccc3[nH]2)C(=O)C[C@H](O)[C@@H](C)[C@@H](/C(C)=C/[C@@H]2CC[C@@H](O)[C@H](OC)C2)OC(=O)[C@@H]2CCCCN2C(=O)C(=O)[C@]2(O)O[C@H]1[C@@H](OC)C[C@H]2C. The molecule has 4 aliphatic rings. The maximum atomic E-state index is 14.5. The van der Waals surface area contributed by atoms with Crippen molar-refractivity contribution in [3.63, 3.8) is 0 Å². The minimum atomic E-state index is -2.53. The van der Waals surface area contributed by atoms with E-state index in [2.05, 4.69) is 9.97 Å². The van der Waals surface area contributed by atoms with Gasteiger partial charge in [0.05, 0.1) is 41.6 Å².